The number of aliphatic hydroxyl groups excluding tert-OH is 1. The largest absolute Gasteiger partial charge is 0.393 e. The van der Waals surface area contributed by atoms with E-state index >= 15 is 0 Å². The first-order valence-electron chi connectivity index (χ1n) is 7.95. The molecule has 1 aromatic heterocycles. The van der Waals surface area contributed by atoms with Crippen molar-refractivity contribution in [1.82, 2.24) is 9.88 Å². The van der Waals surface area contributed by atoms with Crippen LogP contribution in [0.3, 0.4) is 0 Å². The van der Waals surface area contributed by atoms with E-state index in [2.05, 4.69) is 4.98 Å². The number of fused-ring (bicyclic) bond motifs is 1. The van der Waals surface area contributed by atoms with Crippen molar-refractivity contribution in [2.75, 3.05) is 13.7 Å². The van der Waals surface area contributed by atoms with Crippen LogP contribution in [0.4, 0.5) is 0 Å². The molecule has 0 aromatic carbocycles. The lowest BCUT2D eigenvalue weighted by Gasteiger charge is -2.42. The molecule has 2 heterocycles. The van der Waals surface area contributed by atoms with Crippen LogP contribution >= 0.6 is 0 Å². The van der Waals surface area contributed by atoms with Crippen LogP contribution in [0.25, 0.3) is 0 Å². The fraction of sp³-hybridized carbons (Fsp3) is 0.647. The highest BCUT2D eigenvalue weighted by Gasteiger charge is 2.52. The van der Waals surface area contributed by atoms with Gasteiger partial charge in [0.05, 0.1) is 17.7 Å². The minimum Gasteiger partial charge on any atom is -0.393 e. The van der Waals surface area contributed by atoms with Gasteiger partial charge in [-0.1, -0.05) is 0 Å². The Morgan fingerprint density at radius 3 is 2.68 bits per heavy atom. The molecular formula is C17H24N2O3. The highest BCUT2D eigenvalue weighted by Crippen LogP contribution is 2.42. The Balaban J connectivity index is 1.89. The van der Waals surface area contributed by atoms with Gasteiger partial charge in [-0.2, -0.15) is 0 Å². The second-order valence-corrected chi connectivity index (χ2v) is 6.60. The van der Waals surface area contributed by atoms with Crippen LogP contribution in [-0.4, -0.2) is 52.3 Å². The van der Waals surface area contributed by atoms with Crippen LogP contribution in [0.5, 0.6) is 0 Å². The van der Waals surface area contributed by atoms with E-state index in [1.165, 1.54) is 0 Å². The molecule has 1 aromatic rings. The van der Waals surface area contributed by atoms with Crippen LogP contribution in [0.15, 0.2) is 12.1 Å². The molecule has 2 aliphatic rings. The molecule has 1 saturated heterocycles. The van der Waals surface area contributed by atoms with Gasteiger partial charge in [-0.05, 0) is 51.7 Å². The number of aromatic nitrogens is 1. The zero-order valence-electron chi connectivity index (χ0n) is 13.5. The number of aryl methyl sites for hydroxylation is 2. The molecule has 1 aliphatic heterocycles. The van der Waals surface area contributed by atoms with Gasteiger partial charge in [0.2, 0.25) is 0 Å². The van der Waals surface area contributed by atoms with Crippen molar-refractivity contribution in [3.05, 3.63) is 29.1 Å². The molecule has 1 N–H and O–H groups in total. The Morgan fingerprint density at radius 1 is 1.36 bits per heavy atom. The van der Waals surface area contributed by atoms with Gasteiger partial charge in [0.15, 0.2) is 0 Å². The van der Waals surface area contributed by atoms with Crippen molar-refractivity contribution >= 4 is 5.91 Å². The average molecular weight is 304 g/mol. The molecule has 1 amide bonds. The van der Waals surface area contributed by atoms with Gasteiger partial charge in [0.1, 0.15) is 0 Å². The third-order valence-electron chi connectivity index (χ3n) is 5.15. The Labute approximate surface area is 131 Å². The number of amides is 1. The lowest BCUT2D eigenvalue weighted by atomic mass is 9.79. The number of methoxy groups -OCH3 is 1. The Bertz CT molecular complexity index is 569. The average Bonchev–Trinajstić information content (AvgIpc) is 2.85. The molecule has 1 saturated carbocycles. The normalized spacial score (nSPS) is 31.2. The molecule has 3 atom stereocenters. The van der Waals surface area contributed by atoms with Gasteiger partial charge in [0, 0.05) is 30.6 Å². The first-order valence-corrected chi connectivity index (χ1v) is 7.95. The van der Waals surface area contributed by atoms with Crippen molar-refractivity contribution in [1.29, 1.82) is 0 Å². The number of likely N-dealkylation sites (tertiary alicyclic amines) is 1. The number of rotatable bonds is 2. The van der Waals surface area contributed by atoms with E-state index in [0.717, 1.165) is 30.7 Å². The summed E-state index contributed by atoms with van der Waals surface area (Å²) in [6.45, 7) is 4.49. The molecule has 5 heteroatoms. The maximum absolute atomic E-state index is 12.9. The van der Waals surface area contributed by atoms with E-state index in [4.69, 9.17) is 4.74 Å². The first-order chi connectivity index (χ1) is 10.4. The van der Waals surface area contributed by atoms with Crippen LogP contribution < -0.4 is 0 Å². The van der Waals surface area contributed by atoms with E-state index in [1.807, 2.05) is 30.9 Å². The summed E-state index contributed by atoms with van der Waals surface area (Å²) in [7, 11) is 1.72. The zero-order valence-corrected chi connectivity index (χ0v) is 13.5. The highest BCUT2D eigenvalue weighted by atomic mass is 16.5. The van der Waals surface area contributed by atoms with E-state index in [9.17, 15) is 9.90 Å². The number of carbonyl (C=O) groups excluding carboxylic acids is 1. The van der Waals surface area contributed by atoms with Gasteiger partial charge < -0.3 is 14.7 Å². The molecule has 0 radical (unpaired) electrons. The van der Waals surface area contributed by atoms with Crippen LogP contribution in [-0.2, 0) is 4.74 Å². The number of nitrogens with zero attached hydrogens (tertiary/aromatic N) is 2. The monoisotopic (exact) mass is 304 g/mol. The van der Waals surface area contributed by atoms with Crippen molar-refractivity contribution in [3.63, 3.8) is 0 Å². The maximum Gasteiger partial charge on any atom is 0.254 e. The van der Waals surface area contributed by atoms with E-state index in [1.54, 1.807) is 7.11 Å². The number of hydrogen-bond acceptors (Lipinski definition) is 4. The number of carbonyl (C=O) groups is 1. The molecule has 5 nitrogen and oxygen atoms in total. The van der Waals surface area contributed by atoms with Gasteiger partial charge in [-0.15, -0.1) is 0 Å². The summed E-state index contributed by atoms with van der Waals surface area (Å²) in [6, 6.07) is 3.63. The molecule has 22 heavy (non-hydrogen) atoms. The number of pyridine rings is 1. The van der Waals surface area contributed by atoms with Crippen molar-refractivity contribution in [2.24, 2.45) is 0 Å². The summed E-state index contributed by atoms with van der Waals surface area (Å²) < 4.78 is 5.80. The molecule has 2 unspecified atom stereocenters. The summed E-state index contributed by atoms with van der Waals surface area (Å²) in [5, 5.41) is 10.0. The summed E-state index contributed by atoms with van der Waals surface area (Å²) in [5.74, 6) is 0.0200. The molecule has 1 aliphatic carbocycles. The fourth-order valence-corrected chi connectivity index (χ4v) is 4.04. The van der Waals surface area contributed by atoms with E-state index in [-0.39, 0.29) is 23.7 Å². The molecule has 0 spiro atoms. The second-order valence-electron chi connectivity index (χ2n) is 6.60. The molecule has 0 bridgehead atoms. The van der Waals surface area contributed by atoms with Gasteiger partial charge >= 0.3 is 0 Å². The smallest absolute Gasteiger partial charge is 0.254 e. The Morgan fingerprint density at radius 2 is 2.05 bits per heavy atom. The third kappa shape index (κ3) is 2.52. The summed E-state index contributed by atoms with van der Waals surface area (Å²) >= 11 is 0. The van der Waals surface area contributed by atoms with E-state index < -0.39 is 0 Å². The van der Waals surface area contributed by atoms with Crippen LogP contribution in [0.2, 0.25) is 0 Å². The van der Waals surface area contributed by atoms with Gasteiger partial charge in [0.25, 0.3) is 5.91 Å². The summed E-state index contributed by atoms with van der Waals surface area (Å²) in [6.07, 6.45) is 2.66. The summed E-state index contributed by atoms with van der Waals surface area (Å²) in [5.41, 5.74) is 2.09. The standard InChI is InChI=1S/C17H24N2O3/c1-11-8-13(9-12(2)18-11)16(21)19-7-6-17(22-3)5-4-14(20)10-15(17)19/h8-9,14-15,20H,4-7,10H2,1-3H3/t14?,15?,17-/m1/s1. The maximum atomic E-state index is 12.9. The van der Waals surface area contributed by atoms with Crippen molar-refractivity contribution < 1.29 is 14.6 Å². The molecule has 120 valence electrons. The first kappa shape index (κ1) is 15.4. The lowest BCUT2D eigenvalue weighted by Crippen LogP contribution is -2.52. The molecule has 2 fully saturated rings. The minimum absolute atomic E-state index is 0.0200. The highest BCUT2D eigenvalue weighted by molar-refractivity contribution is 5.95. The molecular weight excluding hydrogens is 280 g/mol. The van der Waals surface area contributed by atoms with Crippen molar-refractivity contribution in [2.45, 2.75) is 57.3 Å². The molecule has 3 rings (SSSR count). The minimum atomic E-state index is -0.345. The predicted molar refractivity (Wildman–Crippen MR) is 82.8 cm³/mol. The number of aliphatic hydroxyl groups is 1. The SMILES string of the molecule is CO[C@@]12CCC(O)CC1N(C(=O)c1cc(C)nc(C)c1)CC2. The summed E-state index contributed by atoms with van der Waals surface area (Å²) in [4.78, 5) is 19.2. The van der Waals surface area contributed by atoms with Crippen molar-refractivity contribution in [3.8, 4) is 0 Å². The van der Waals surface area contributed by atoms with E-state index in [0.29, 0.717) is 18.5 Å². The topological polar surface area (TPSA) is 62.7 Å². The van der Waals surface area contributed by atoms with Gasteiger partial charge in [-0.3, -0.25) is 9.78 Å². The Kier molecular flexibility index (Phi) is 3.95. The number of hydrogen-bond donors (Lipinski definition) is 1. The predicted octanol–water partition coefficient (Wildman–Crippen LogP) is 1.84. The third-order valence-corrected chi connectivity index (χ3v) is 5.15. The number of ether oxygens (including phenoxy) is 1. The fourth-order valence-electron chi connectivity index (χ4n) is 4.04. The second kappa shape index (κ2) is 5.63. The van der Waals surface area contributed by atoms with Gasteiger partial charge in [-0.25, -0.2) is 0 Å². The Hall–Kier alpha value is -1.46. The quantitative estimate of drug-likeness (QED) is 0.905. The van der Waals surface area contributed by atoms with Crippen LogP contribution in [0.1, 0.15) is 47.4 Å². The zero-order chi connectivity index (χ0) is 15.9. The van der Waals surface area contributed by atoms with Crippen LogP contribution in [0, 0.1) is 13.8 Å². The lowest BCUT2D eigenvalue weighted by molar-refractivity contribution is -0.0824.